The number of carbonyl (C=O) groups is 4. The molecule has 3 amide bonds. The van der Waals surface area contributed by atoms with Gasteiger partial charge in [0.05, 0.1) is 6.61 Å². The maximum Gasteiger partial charge on any atom is 0.331 e. The lowest BCUT2D eigenvalue weighted by atomic mass is 9.90. The van der Waals surface area contributed by atoms with Crippen LogP contribution in [0.15, 0.2) is 103 Å². The molecule has 0 fully saturated rings. The summed E-state index contributed by atoms with van der Waals surface area (Å²) in [6.45, 7) is 10.7. The molecule has 5 aromatic carbocycles. The van der Waals surface area contributed by atoms with Gasteiger partial charge in [0, 0.05) is 11.1 Å². The van der Waals surface area contributed by atoms with Gasteiger partial charge in [-0.05, 0) is 116 Å². The molecule has 0 heterocycles. The molecule has 5 aromatic rings. The van der Waals surface area contributed by atoms with E-state index in [2.05, 4.69) is 47.2 Å². The Balaban J connectivity index is 1.38. The highest BCUT2D eigenvalue weighted by molar-refractivity contribution is 6.10. The van der Waals surface area contributed by atoms with Gasteiger partial charge in [-0.2, -0.15) is 0 Å². The van der Waals surface area contributed by atoms with Crippen molar-refractivity contribution in [2.45, 2.75) is 110 Å². The van der Waals surface area contributed by atoms with Gasteiger partial charge in [-0.15, -0.1) is 0 Å². The molecule has 67 heavy (non-hydrogen) atoms. The maximum absolute atomic E-state index is 14.3. The van der Waals surface area contributed by atoms with Crippen LogP contribution in [0.5, 0.6) is 11.5 Å². The highest BCUT2D eigenvalue weighted by atomic mass is 16.5. The third-order valence-corrected chi connectivity index (χ3v) is 11.5. The quantitative estimate of drug-likeness (QED) is 0.0165. The van der Waals surface area contributed by atoms with Crippen molar-refractivity contribution >= 4 is 45.2 Å². The molecule has 0 unspecified atom stereocenters. The Hall–Kier alpha value is -6.06. The van der Waals surface area contributed by atoms with Gasteiger partial charge >= 0.3 is 5.97 Å². The molecular weight excluding hydrogens is 847 g/mol. The highest BCUT2D eigenvalue weighted by Gasteiger charge is 2.39. The summed E-state index contributed by atoms with van der Waals surface area (Å²) < 4.78 is 18.6. The fourth-order valence-electron chi connectivity index (χ4n) is 8.16. The molecule has 10 N–H and O–H groups in total. The zero-order valence-corrected chi connectivity index (χ0v) is 39.8. The van der Waals surface area contributed by atoms with Crippen LogP contribution in [-0.2, 0) is 30.5 Å². The van der Waals surface area contributed by atoms with Crippen LogP contribution in [0.2, 0.25) is 0 Å². The fraction of sp³-hybridized carbons (Fsp3) is 0.434. The summed E-state index contributed by atoms with van der Waals surface area (Å²) in [6, 6.07) is 31.1. The van der Waals surface area contributed by atoms with E-state index in [0.29, 0.717) is 56.4 Å². The van der Waals surface area contributed by atoms with E-state index in [1.165, 1.54) is 0 Å². The molecule has 360 valence electrons. The molecule has 0 saturated heterocycles. The minimum Gasteiger partial charge on any atom is -0.493 e. The molecule has 5 rings (SSSR count). The van der Waals surface area contributed by atoms with Gasteiger partial charge in [0.25, 0.3) is 5.91 Å². The van der Waals surface area contributed by atoms with Crippen LogP contribution in [0, 0.1) is 11.8 Å². The first-order valence-corrected chi connectivity index (χ1v) is 23.6. The number of amides is 3. The van der Waals surface area contributed by atoms with E-state index < -0.39 is 54.2 Å². The minimum atomic E-state index is -1.42. The second kappa shape index (κ2) is 25.7. The standard InChI is InChI=1S/C53H71N7O7/c1-35(2)28-31-65-44-26-24-38-18-9-11-20-40(38)47(44)48-41-21-12-10-19-39(41)25-27-45(48)66-34-46(61)58-42(22-13-14-29-54)49(62)59-43(23-15-30-57-52(55)56)50(63)60-53(5,32-36(3)4)51(64)67-33-37-16-7-6-8-17-37/h6-12,16-21,24-27,35-36,42-43,52,57H,13-15,22-23,28-34,54-56H2,1-5H3,(H,58,61)(H,59,62)(H,60,63)/t42-,43-,53-/m1/s1. The van der Waals surface area contributed by atoms with Gasteiger partial charge in [0.1, 0.15) is 42.0 Å². The number of benzene rings is 5. The molecule has 0 aromatic heterocycles. The van der Waals surface area contributed by atoms with Crippen LogP contribution in [0.3, 0.4) is 0 Å². The number of esters is 1. The Morgan fingerprint density at radius 2 is 1.22 bits per heavy atom. The number of rotatable bonds is 27. The zero-order valence-electron chi connectivity index (χ0n) is 39.8. The van der Waals surface area contributed by atoms with Gasteiger partial charge in [-0.3, -0.25) is 19.7 Å². The molecule has 0 aliphatic heterocycles. The number of unbranched alkanes of at least 4 members (excludes halogenated alkanes) is 1. The van der Waals surface area contributed by atoms with Crippen LogP contribution in [0.25, 0.3) is 32.7 Å². The Morgan fingerprint density at radius 3 is 1.82 bits per heavy atom. The Bertz CT molecular complexity index is 2390. The lowest BCUT2D eigenvalue weighted by Crippen LogP contribution is -2.60. The van der Waals surface area contributed by atoms with Crippen molar-refractivity contribution in [2.75, 3.05) is 26.3 Å². The summed E-state index contributed by atoms with van der Waals surface area (Å²) in [5.41, 5.74) is 18.3. The zero-order chi connectivity index (χ0) is 48.3. The average Bonchev–Trinajstić information content (AvgIpc) is 3.30. The van der Waals surface area contributed by atoms with Crippen molar-refractivity contribution in [3.05, 3.63) is 109 Å². The average molecular weight is 918 g/mol. The predicted molar refractivity (Wildman–Crippen MR) is 266 cm³/mol. The number of nitrogens with one attached hydrogen (secondary N) is 4. The normalized spacial score (nSPS) is 13.3. The van der Waals surface area contributed by atoms with Crippen molar-refractivity contribution in [3.63, 3.8) is 0 Å². The van der Waals surface area contributed by atoms with E-state index in [4.69, 9.17) is 31.4 Å². The van der Waals surface area contributed by atoms with Crippen molar-refractivity contribution in [2.24, 2.45) is 29.0 Å². The second-order valence-electron chi connectivity index (χ2n) is 18.2. The summed E-state index contributed by atoms with van der Waals surface area (Å²) in [7, 11) is 0. The van der Waals surface area contributed by atoms with E-state index in [1.54, 1.807) is 6.92 Å². The molecule has 0 aliphatic carbocycles. The number of carbonyl (C=O) groups excluding carboxylic acids is 4. The number of ether oxygens (including phenoxy) is 3. The fourth-order valence-corrected chi connectivity index (χ4v) is 8.16. The van der Waals surface area contributed by atoms with Crippen molar-refractivity contribution < 1.29 is 33.4 Å². The lowest BCUT2D eigenvalue weighted by molar-refractivity contribution is -0.155. The Morgan fingerprint density at radius 1 is 0.642 bits per heavy atom. The largest absolute Gasteiger partial charge is 0.493 e. The Labute approximate surface area is 395 Å². The van der Waals surface area contributed by atoms with Crippen LogP contribution in [0.1, 0.15) is 85.1 Å². The van der Waals surface area contributed by atoms with E-state index in [9.17, 15) is 19.2 Å². The van der Waals surface area contributed by atoms with E-state index in [-0.39, 0.29) is 31.8 Å². The molecular formula is C53H71N7O7. The van der Waals surface area contributed by atoms with Crippen LogP contribution in [-0.4, -0.2) is 73.9 Å². The molecule has 0 radical (unpaired) electrons. The minimum absolute atomic E-state index is 0.00467. The van der Waals surface area contributed by atoms with Gasteiger partial charge < -0.3 is 47.4 Å². The van der Waals surface area contributed by atoms with Crippen molar-refractivity contribution in [3.8, 4) is 22.6 Å². The van der Waals surface area contributed by atoms with Crippen LogP contribution >= 0.6 is 0 Å². The van der Waals surface area contributed by atoms with E-state index in [0.717, 1.165) is 44.7 Å². The molecule has 0 saturated carbocycles. The lowest BCUT2D eigenvalue weighted by Gasteiger charge is -2.32. The summed E-state index contributed by atoms with van der Waals surface area (Å²) in [5.74, 6) is -0.657. The van der Waals surface area contributed by atoms with Gasteiger partial charge in [0.2, 0.25) is 11.8 Å². The number of hydrogen-bond donors (Lipinski definition) is 7. The van der Waals surface area contributed by atoms with Gasteiger partial charge in [0.15, 0.2) is 6.61 Å². The number of fused-ring (bicyclic) bond motifs is 2. The predicted octanol–water partition coefficient (Wildman–Crippen LogP) is 6.80. The maximum atomic E-state index is 14.3. The van der Waals surface area contributed by atoms with Crippen molar-refractivity contribution in [1.82, 2.24) is 21.3 Å². The summed E-state index contributed by atoms with van der Waals surface area (Å²) >= 11 is 0. The van der Waals surface area contributed by atoms with Crippen LogP contribution in [0.4, 0.5) is 0 Å². The molecule has 14 nitrogen and oxygen atoms in total. The topological polar surface area (TPSA) is 222 Å². The number of nitrogens with two attached hydrogens (primary N) is 3. The van der Waals surface area contributed by atoms with E-state index in [1.807, 2.05) is 105 Å². The summed E-state index contributed by atoms with van der Waals surface area (Å²) in [5, 5.41) is 15.5. The first-order chi connectivity index (χ1) is 32.2. The highest BCUT2D eigenvalue weighted by Crippen LogP contribution is 2.45. The van der Waals surface area contributed by atoms with Crippen LogP contribution < -0.4 is 47.9 Å². The second-order valence-corrected chi connectivity index (χ2v) is 18.2. The van der Waals surface area contributed by atoms with Crippen molar-refractivity contribution in [1.29, 1.82) is 0 Å². The molecule has 3 atom stereocenters. The summed E-state index contributed by atoms with van der Waals surface area (Å²) in [4.78, 5) is 56.2. The third kappa shape index (κ3) is 15.5. The SMILES string of the molecule is CC(C)CCOc1ccc2ccccc2c1-c1c(OCC(=O)N[C@H](CCCCN)C(=O)N[C@H](CCCNC(N)N)C(=O)N[C@](C)(CC(C)C)C(=O)OCc2ccccc2)ccc2ccccc12. The molecule has 14 heteroatoms. The number of hydrogen-bond acceptors (Lipinski definition) is 11. The molecule has 0 bridgehead atoms. The molecule has 0 aliphatic rings. The third-order valence-electron chi connectivity index (χ3n) is 11.5. The van der Waals surface area contributed by atoms with Gasteiger partial charge in [-0.1, -0.05) is 119 Å². The Kier molecular flexibility index (Phi) is 19.9. The first-order valence-electron chi connectivity index (χ1n) is 23.6. The molecule has 0 spiro atoms. The van der Waals surface area contributed by atoms with Gasteiger partial charge in [-0.25, -0.2) is 4.79 Å². The monoisotopic (exact) mass is 918 g/mol. The summed E-state index contributed by atoms with van der Waals surface area (Å²) in [6.07, 6.45) is 2.33. The first kappa shape index (κ1) is 51.9. The van der Waals surface area contributed by atoms with E-state index >= 15 is 0 Å². The smallest absolute Gasteiger partial charge is 0.331 e.